The molecule has 0 aliphatic heterocycles. The van der Waals surface area contributed by atoms with Crippen molar-refractivity contribution in [3.05, 3.63) is 35.6 Å². The number of oxazole rings is 1. The zero-order valence-electron chi connectivity index (χ0n) is 11.0. The first kappa shape index (κ1) is 11.9. The third-order valence-corrected chi connectivity index (χ3v) is 3.06. The zero-order chi connectivity index (χ0) is 13.4. The van der Waals surface area contributed by atoms with Crippen LogP contribution in [0.15, 0.2) is 22.6 Å². The minimum Gasteiger partial charge on any atom is -0.441 e. The second-order valence-electron chi connectivity index (χ2n) is 4.60. The molecule has 0 unspecified atom stereocenters. The van der Waals surface area contributed by atoms with Crippen molar-refractivity contribution in [3.63, 3.8) is 0 Å². The number of nitrogens with one attached hydrogen (secondary N) is 1. The molecule has 3 aromatic rings. The van der Waals surface area contributed by atoms with Gasteiger partial charge in [0, 0.05) is 24.6 Å². The number of nitrogens with zero attached hydrogens (tertiary/aromatic N) is 2. The predicted octanol–water partition coefficient (Wildman–Crippen LogP) is 2.34. The van der Waals surface area contributed by atoms with Gasteiger partial charge in [0.05, 0.1) is 5.69 Å². The number of nitrogens with two attached hydrogens (primary N) is 1. The molecule has 98 valence electrons. The van der Waals surface area contributed by atoms with Crippen LogP contribution in [0.4, 0.5) is 0 Å². The van der Waals surface area contributed by atoms with Gasteiger partial charge in [-0.2, -0.15) is 0 Å². The highest BCUT2D eigenvalue weighted by atomic mass is 16.3. The lowest BCUT2D eigenvalue weighted by Crippen LogP contribution is -2.04. The van der Waals surface area contributed by atoms with Gasteiger partial charge in [-0.05, 0) is 31.7 Å². The van der Waals surface area contributed by atoms with E-state index in [2.05, 4.69) is 15.0 Å². The van der Waals surface area contributed by atoms with E-state index < -0.39 is 0 Å². The highest BCUT2D eigenvalue weighted by molar-refractivity contribution is 5.80. The number of hydrogen-bond donors (Lipinski definition) is 2. The molecule has 0 fully saturated rings. The fraction of sp³-hybridized carbons (Fsp3) is 0.286. The molecule has 0 aliphatic rings. The number of benzene rings is 1. The molecule has 2 heterocycles. The molecular formula is C14H16N4O. The Labute approximate surface area is 110 Å². The van der Waals surface area contributed by atoms with Crippen LogP contribution in [0.25, 0.3) is 22.4 Å². The normalized spacial score (nSPS) is 11.3. The zero-order valence-corrected chi connectivity index (χ0v) is 11.0. The smallest absolute Gasteiger partial charge is 0.192 e. The van der Waals surface area contributed by atoms with E-state index >= 15 is 0 Å². The maximum absolute atomic E-state index is 5.64. The van der Waals surface area contributed by atoms with Crippen LogP contribution < -0.4 is 5.73 Å². The number of fused-ring (bicyclic) bond motifs is 1. The van der Waals surface area contributed by atoms with Gasteiger partial charge in [0.25, 0.3) is 0 Å². The summed E-state index contributed by atoms with van der Waals surface area (Å²) in [5.41, 5.74) is 10.3. The summed E-state index contributed by atoms with van der Waals surface area (Å²) in [7, 11) is 0. The van der Waals surface area contributed by atoms with E-state index in [1.165, 1.54) is 0 Å². The number of imidazole rings is 1. The Kier molecular flexibility index (Phi) is 2.83. The molecule has 0 radical (unpaired) electrons. The van der Waals surface area contributed by atoms with Gasteiger partial charge in [0.1, 0.15) is 11.3 Å². The minimum absolute atomic E-state index is 0.597. The Balaban J connectivity index is 2.12. The van der Waals surface area contributed by atoms with E-state index in [9.17, 15) is 0 Å². The maximum atomic E-state index is 5.64. The molecule has 5 nitrogen and oxygen atoms in total. The highest BCUT2D eigenvalue weighted by Gasteiger charge is 2.12. The van der Waals surface area contributed by atoms with Crippen molar-refractivity contribution >= 4 is 11.1 Å². The molecule has 0 aliphatic carbocycles. The lowest BCUT2D eigenvalue weighted by molar-refractivity contribution is 0.561. The number of aromatic amines is 1. The van der Waals surface area contributed by atoms with Crippen LogP contribution in [0.5, 0.6) is 0 Å². The van der Waals surface area contributed by atoms with E-state index in [1.54, 1.807) is 0 Å². The summed E-state index contributed by atoms with van der Waals surface area (Å²) in [4.78, 5) is 12.2. The van der Waals surface area contributed by atoms with Gasteiger partial charge in [-0.25, -0.2) is 9.97 Å². The van der Waals surface area contributed by atoms with Gasteiger partial charge in [0.2, 0.25) is 0 Å². The minimum atomic E-state index is 0.597. The summed E-state index contributed by atoms with van der Waals surface area (Å²) in [5.74, 6) is 1.57. The van der Waals surface area contributed by atoms with Crippen LogP contribution in [-0.4, -0.2) is 21.5 Å². The van der Waals surface area contributed by atoms with Crippen molar-refractivity contribution in [2.75, 3.05) is 6.54 Å². The molecule has 0 saturated carbocycles. The lowest BCUT2D eigenvalue weighted by Gasteiger charge is -2.01. The van der Waals surface area contributed by atoms with Gasteiger partial charge in [-0.15, -0.1) is 0 Å². The Hall–Kier alpha value is -2.14. The van der Waals surface area contributed by atoms with E-state index in [-0.39, 0.29) is 0 Å². The van der Waals surface area contributed by atoms with Crippen molar-refractivity contribution in [2.45, 2.75) is 20.3 Å². The number of rotatable bonds is 3. The number of aromatic nitrogens is 3. The number of hydrogen-bond acceptors (Lipinski definition) is 4. The van der Waals surface area contributed by atoms with Gasteiger partial charge in [-0.3, -0.25) is 0 Å². The van der Waals surface area contributed by atoms with E-state index in [0.717, 1.165) is 40.3 Å². The molecule has 0 bridgehead atoms. The molecule has 3 rings (SSSR count). The molecule has 19 heavy (non-hydrogen) atoms. The van der Waals surface area contributed by atoms with Crippen LogP contribution in [0, 0.1) is 13.8 Å². The van der Waals surface area contributed by atoms with Crippen molar-refractivity contribution in [3.8, 4) is 11.3 Å². The van der Waals surface area contributed by atoms with Gasteiger partial charge < -0.3 is 15.1 Å². The molecule has 0 amide bonds. The standard InChI is InChI=1S/C14H16N4O/c1-8-16-11(5-6-15)14(17-8)10-3-4-13-12(7-10)18-9(2)19-13/h3-4,7H,5-6,15H2,1-2H3,(H,16,17). The van der Waals surface area contributed by atoms with Crippen LogP contribution >= 0.6 is 0 Å². The van der Waals surface area contributed by atoms with Crippen LogP contribution in [0.1, 0.15) is 17.4 Å². The quantitative estimate of drug-likeness (QED) is 0.753. The largest absolute Gasteiger partial charge is 0.441 e. The monoisotopic (exact) mass is 256 g/mol. The summed E-state index contributed by atoms with van der Waals surface area (Å²) in [5, 5.41) is 0. The molecule has 5 heteroatoms. The van der Waals surface area contributed by atoms with E-state index in [0.29, 0.717) is 12.4 Å². The Morgan fingerprint density at radius 2 is 2.11 bits per heavy atom. The number of H-pyrrole nitrogens is 1. The van der Waals surface area contributed by atoms with Crippen molar-refractivity contribution in [1.82, 2.24) is 15.0 Å². The molecule has 1 aromatic carbocycles. The lowest BCUT2D eigenvalue weighted by atomic mass is 10.1. The predicted molar refractivity (Wildman–Crippen MR) is 73.8 cm³/mol. The summed E-state index contributed by atoms with van der Waals surface area (Å²) in [6.45, 7) is 4.39. The Morgan fingerprint density at radius 3 is 2.89 bits per heavy atom. The first-order valence-corrected chi connectivity index (χ1v) is 6.30. The van der Waals surface area contributed by atoms with Crippen LogP contribution in [0.3, 0.4) is 0 Å². The van der Waals surface area contributed by atoms with E-state index in [4.69, 9.17) is 10.2 Å². The second-order valence-corrected chi connectivity index (χ2v) is 4.60. The SMILES string of the molecule is Cc1nc(-c2ccc3oc(C)nc3c2)c(CCN)[nH]1. The number of aryl methyl sites for hydroxylation is 2. The first-order valence-electron chi connectivity index (χ1n) is 6.30. The van der Waals surface area contributed by atoms with Crippen molar-refractivity contribution < 1.29 is 4.42 Å². The van der Waals surface area contributed by atoms with Crippen LogP contribution in [0.2, 0.25) is 0 Å². The highest BCUT2D eigenvalue weighted by Crippen LogP contribution is 2.26. The van der Waals surface area contributed by atoms with Crippen molar-refractivity contribution in [2.24, 2.45) is 5.73 Å². The third-order valence-electron chi connectivity index (χ3n) is 3.06. The average molecular weight is 256 g/mol. The summed E-state index contributed by atoms with van der Waals surface area (Å²) < 4.78 is 5.48. The van der Waals surface area contributed by atoms with E-state index in [1.807, 2.05) is 32.0 Å². The molecule has 0 spiro atoms. The molecule has 0 saturated heterocycles. The van der Waals surface area contributed by atoms with Crippen LogP contribution in [-0.2, 0) is 6.42 Å². The molecule has 3 N–H and O–H groups in total. The Morgan fingerprint density at radius 1 is 1.26 bits per heavy atom. The average Bonchev–Trinajstić information content (AvgIpc) is 2.90. The summed E-state index contributed by atoms with van der Waals surface area (Å²) in [6.07, 6.45) is 0.784. The fourth-order valence-corrected chi connectivity index (χ4v) is 2.29. The molecular weight excluding hydrogens is 240 g/mol. The maximum Gasteiger partial charge on any atom is 0.192 e. The first-order chi connectivity index (χ1) is 9.17. The molecule has 0 atom stereocenters. The fourth-order valence-electron chi connectivity index (χ4n) is 2.29. The summed E-state index contributed by atoms with van der Waals surface area (Å²) >= 11 is 0. The second kappa shape index (κ2) is 4.51. The van der Waals surface area contributed by atoms with Gasteiger partial charge >= 0.3 is 0 Å². The summed E-state index contributed by atoms with van der Waals surface area (Å²) in [6, 6.07) is 5.94. The molecule has 2 aromatic heterocycles. The topological polar surface area (TPSA) is 80.7 Å². The van der Waals surface area contributed by atoms with Gasteiger partial charge in [-0.1, -0.05) is 0 Å². The Bertz CT molecular complexity index is 726. The third kappa shape index (κ3) is 2.13. The van der Waals surface area contributed by atoms with Gasteiger partial charge in [0.15, 0.2) is 11.5 Å². The van der Waals surface area contributed by atoms with Crippen molar-refractivity contribution in [1.29, 1.82) is 0 Å².